The highest BCUT2D eigenvalue weighted by Gasteiger charge is 2.57. The molecular weight excluding hydrogens is 104 g/mol. The third-order valence-electron chi connectivity index (χ3n) is 2.38. The molecule has 0 spiro atoms. The first-order valence-electron chi connectivity index (χ1n) is 3.06. The Balaban J connectivity index is 2.08. The first kappa shape index (κ1) is 4.77. The van der Waals surface area contributed by atoms with Gasteiger partial charge in [-0.2, -0.15) is 0 Å². The van der Waals surface area contributed by atoms with Gasteiger partial charge in [0.2, 0.25) is 0 Å². The van der Waals surface area contributed by atoms with Crippen molar-refractivity contribution in [3.8, 4) is 0 Å². The molecule has 2 fully saturated rings. The van der Waals surface area contributed by atoms with Gasteiger partial charge in [-0.15, -0.1) is 0 Å². The molecule has 2 heteroatoms. The van der Waals surface area contributed by atoms with E-state index in [0.29, 0.717) is 12.5 Å². The van der Waals surface area contributed by atoms with Crippen LogP contribution in [-0.4, -0.2) is 24.9 Å². The van der Waals surface area contributed by atoms with Gasteiger partial charge < -0.3 is 9.84 Å². The largest absolute Gasteiger partial charge is 0.396 e. The van der Waals surface area contributed by atoms with Crippen LogP contribution in [0.15, 0.2) is 0 Å². The fraction of sp³-hybridized carbons (Fsp3) is 1.00. The molecular formula is C6H10O2. The molecule has 1 saturated carbocycles. The Bertz CT molecular complexity index is 109. The van der Waals surface area contributed by atoms with Crippen LogP contribution in [0.4, 0.5) is 0 Å². The molecule has 0 radical (unpaired) electrons. The summed E-state index contributed by atoms with van der Waals surface area (Å²) >= 11 is 0. The average Bonchev–Trinajstić information content (AvgIpc) is 2.38. The Labute approximate surface area is 48.5 Å². The molecule has 0 bridgehead atoms. The van der Waals surface area contributed by atoms with Crippen molar-refractivity contribution in [3.05, 3.63) is 0 Å². The van der Waals surface area contributed by atoms with Gasteiger partial charge in [0.05, 0.1) is 19.8 Å². The minimum absolute atomic E-state index is 0.236. The van der Waals surface area contributed by atoms with E-state index in [-0.39, 0.29) is 5.41 Å². The van der Waals surface area contributed by atoms with Crippen molar-refractivity contribution in [2.45, 2.75) is 6.42 Å². The fourth-order valence-corrected chi connectivity index (χ4v) is 1.49. The van der Waals surface area contributed by atoms with Gasteiger partial charge in [0.1, 0.15) is 0 Å². The van der Waals surface area contributed by atoms with Crippen molar-refractivity contribution in [2.24, 2.45) is 11.3 Å². The van der Waals surface area contributed by atoms with Crippen LogP contribution < -0.4 is 0 Å². The zero-order valence-electron chi connectivity index (χ0n) is 4.76. The van der Waals surface area contributed by atoms with Crippen molar-refractivity contribution in [2.75, 3.05) is 19.8 Å². The number of hydrogen-bond acceptors (Lipinski definition) is 2. The molecule has 2 nitrogen and oxygen atoms in total. The highest BCUT2D eigenvalue weighted by molar-refractivity contribution is 5.05. The van der Waals surface area contributed by atoms with E-state index in [1.165, 1.54) is 6.42 Å². The van der Waals surface area contributed by atoms with Crippen LogP contribution in [0.5, 0.6) is 0 Å². The Morgan fingerprint density at radius 2 is 2.62 bits per heavy atom. The SMILES string of the molecule is OC[C@@]12COCC1C2. The van der Waals surface area contributed by atoms with Crippen molar-refractivity contribution in [1.29, 1.82) is 0 Å². The van der Waals surface area contributed by atoms with E-state index in [4.69, 9.17) is 9.84 Å². The minimum Gasteiger partial charge on any atom is -0.396 e. The van der Waals surface area contributed by atoms with Gasteiger partial charge in [-0.3, -0.25) is 0 Å². The van der Waals surface area contributed by atoms with Gasteiger partial charge in [-0.05, 0) is 12.3 Å². The second-order valence-corrected chi connectivity index (χ2v) is 2.94. The lowest BCUT2D eigenvalue weighted by Gasteiger charge is -2.02. The third kappa shape index (κ3) is 0.400. The van der Waals surface area contributed by atoms with Gasteiger partial charge in [0.25, 0.3) is 0 Å². The molecule has 1 aliphatic carbocycles. The molecule has 1 N–H and O–H groups in total. The van der Waals surface area contributed by atoms with Crippen LogP contribution in [0.2, 0.25) is 0 Å². The van der Waals surface area contributed by atoms with Crippen molar-refractivity contribution in [1.82, 2.24) is 0 Å². The summed E-state index contributed by atoms with van der Waals surface area (Å²) in [5.41, 5.74) is 0.236. The number of ether oxygens (including phenoxy) is 1. The third-order valence-corrected chi connectivity index (χ3v) is 2.38. The Kier molecular flexibility index (Phi) is 0.746. The summed E-state index contributed by atoms with van der Waals surface area (Å²) in [6.45, 7) is 2.02. The molecule has 2 aliphatic rings. The smallest absolute Gasteiger partial charge is 0.0548 e. The zero-order chi connectivity index (χ0) is 5.61. The van der Waals surface area contributed by atoms with E-state index >= 15 is 0 Å². The second kappa shape index (κ2) is 1.25. The van der Waals surface area contributed by atoms with Gasteiger partial charge in [0, 0.05) is 5.41 Å². The molecule has 0 aromatic rings. The predicted octanol–water partition coefficient (Wildman–Crippen LogP) is 0.0152. The number of rotatable bonds is 1. The maximum absolute atomic E-state index is 8.79. The number of aliphatic hydroxyl groups excluding tert-OH is 1. The molecule has 0 aromatic heterocycles. The molecule has 1 unspecified atom stereocenters. The second-order valence-electron chi connectivity index (χ2n) is 2.94. The molecule has 0 aromatic carbocycles. The normalized spacial score (nSPS) is 51.4. The van der Waals surface area contributed by atoms with E-state index in [1.807, 2.05) is 0 Å². The standard InChI is InChI=1S/C6H10O2/c7-3-6-1-5(6)2-8-4-6/h5,7H,1-4H2/t5?,6-/m0/s1. The monoisotopic (exact) mass is 114 g/mol. The summed E-state index contributed by atoms with van der Waals surface area (Å²) in [5.74, 6) is 0.701. The van der Waals surface area contributed by atoms with Crippen LogP contribution in [0.25, 0.3) is 0 Å². The first-order valence-corrected chi connectivity index (χ1v) is 3.06. The summed E-state index contributed by atoms with van der Waals surface area (Å²) in [5, 5.41) is 8.79. The molecule has 46 valence electrons. The van der Waals surface area contributed by atoms with Gasteiger partial charge in [-0.25, -0.2) is 0 Å². The minimum atomic E-state index is 0.236. The predicted molar refractivity (Wildman–Crippen MR) is 28.4 cm³/mol. The summed E-state index contributed by atoms with van der Waals surface area (Å²) in [6, 6.07) is 0. The molecule has 2 rings (SSSR count). The first-order chi connectivity index (χ1) is 3.87. The average molecular weight is 114 g/mol. The lowest BCUT2D eigenvalue weighted by atomic mass is 10.1. The molecule has 2 atom stereocenters. The molecule has 8 heavy (non-hydrogen) atoms. The maximum Gasteiger partial charge on any atom is 0.0548 e. The number of fused-ring (bicyclic) bond motifs is 1. The Hall–Kier alpha value is -0.0800. The summed E-state index contributed by atoms with van der Waals surface area (Å²) in [7, 11) is 0. The van der Waals surface area contributed by atoms with E-state index in [9.17, 15) is 0 Å². The fourth-order valence-electron chi connectivity index (χ4n) is 1.49. The van der Waals surface area contributed by atoms with Crippen LogP contribution in [0, 0.1) is 11.3 Å². The maximum atomic E-state index is 8.79. The van der Waals surface area contributed by atoms with Crippen LogP contribution in [0.3, 0.4) is 0 Å². The van der Waals surface area contributed by atoms with E-state index in [1.54, 1.807) is 0 Å². The van der Waals surface area contributed by atoms with Crippen LogP contribution in [-0.2, 0) is 4.74 Å². The van der Waals surface area contributed by atoms with Crippen LogP contribution >= 0.6 is 0 Å². The highest BCUT2D eigenvalue weighted by Crippen LogP contribution is 2.56. The van der Waals surface area contributed by atoms with Crippen molar-refractivity contribution < 1.29 is 9.84 Å². The Morgan fingerprint density at radius 3 is 2.88 bits per heavy atom. The number of hydrogen-bond donors (Lipinski definition) is 1. The lowest BCUT2D eigenvalue weighted by molar-refractivity contribution is 0.117. The van der Waals surface area contributed by atoms with E-state index in [0.717, 1.165) is 13.2 Å². The molecule has 1 heterocycles. The summed E-state index contributed by atoms with van der Waals surface area (Å²) in [4.78, 5) is 0. The number of aliphatic hydroxyl groups is 1. The van der Waals surface area contributed by atoms with Gasteiger partial charge in [0.15, 0.2) is 0 Å². The van der Waals surface area contributed by atoms with E-state index in [2.05, 4.69) is 0 Å². The molecule has 1 saturated heterocycles. The molecule has 1 aliphatic heterocycles. The van der Waals surface area contributed by atoms with Gasteiger partial charge in [-0.1, -0.05) is 0 Å². The Morgan fingerprint density at radius 1 is 1.75 bits per heavy atom. The van der Waals surface area contributed by atoms with E-state index < -0.39 is 0 Å². The van der Waals surface area contributed by atoms with Crippen molar-refractivity contribution in [3.63, 3.8) is 0 Å². The topological polar surface area (TPSA) is 29.5 Å². The summed E-state index contributed by atoms with van der Waals surface area (Å²) < 4.78 is 5.14. The zero-order valence-corrected chi connectivity index (χ0v) is 4.76. The lowest BCUT2D eigenvalue weighted by Crippen LogP contribution is -2.09. The quantitative estimate of drug-likeness (QED) is 0.520. The van der Waals surface area contributed by atoms with Crippen molar-refractivity contribution >= 4 is 0 Å². The van der Waals surface area contributed by atoms with Crippen LogP contribution in [0.1, 0.15) is 6.42 Å². The van der Waals surface area contributed by atoms with Gasteiger partial charge >= 0.3 is 0 Å². The highest BCUT2D eigenvalue weighted by atomic mass is 16.5. The summed E-state index contributed by atoms with van der Waals surface area (Å²) in [6.07, 6.45) is 1.20. The molecule has 0 amide bonds.